The molecule has 0 saturated carbocycles. The van der Waals surface area contributed by atoms with E-state index in [4.69, 9.17) is 10.6 Å². The van der Waals surface area contributed by atoms with Crippen LogP contribution in [0.1, 0.15) is 6.42 Å². The standard InChI is InChI=1S/C4H10NO2PS/c1-9-3-2-4(5)8(6)7/h4H,2-3,5H2,1H3/p+1. The highest BCUT2D eigenvalue weighted by atomic mass is 32.2. The van der Waals surface area contributed by atoms with Gasteiger partial charge in [0.05, 0.1) is 0 Å². The molecular weight excluding hydrogens is 157 g/mol. The Labute approximate surface area is 59.9 Å². The third-order valence-electron chi connectivity index (χ3n) is 0.901. The van der Waals surface area contributed by atoms with Gasteiger partial charge in [-0.3, -0.25) is 5.73 Å². The highest BCUT2D eigenvalue weighted by Crippen LogP contribution is 2.21. The summed E-state index contributed by atoms with van der Waals surface area (Å²) in [6.45, 7) is 0. The topological polar surface area (TPSA) is 63.3 Å². The fraction of sp³-hybridized carbons (Fsp3) is 1.00. The summed E-state index contributed by atoms with van der Waals surface area (Å²) in [5.41, 5.74) is 5.26. The van der Waals surface area contributed by atoms with Crippen molar-refractivity contribution in [1.82, 2.24) is 0 Å². The fourth-order valence-corrected chi connectivity index (χ4v) is 1.36. The first-order valence-corrected chi connectivity index (χ1v) is 5.25. The maximum absolute atomic E-state index is 10.2. The van der Waals surface area contributed by atoms with Gasteiger partial charge in [-0.1, -0.05) is 0 Å². The van der Waals surface area contributed by atoms with Crippen LogP contribution in [0.15, 0.2) is 0 Å². The van der Waals surface area contributed by atoms with E-state index >= 15 is 0 Å². The summed E-state index contributed by atoms with van der Waals surface area (Å²) < 4.78 is 10.2. The summed E-state index contributed by atoms with van der Waals surface area (Å²) in [5, 5.41) is 0. The summed E-state index contributed by atoms with van der Waals surface area (Å²) in [5.74, 6) is 0.315. The first kappa shape index (κ1) is 9.37. The molecule has 0 aliphatic carbocycles. The van der Waals surface area contributed by atoms with Crippen LogP contribution in [0.25, 0.3) is 0 Å². The molecule has 2 unspecified atom stereocenters. The Kier molecular flexibility index (Phi) is 5.39. The summed E-state index contributed by atoms with van der Waals surface area (Å²) >= 11 is 1.63. The van der Waals surface area contributed by atoms with Crippen LogP contribution in [-0.4, -0.2) is 22.7 Å². The van der Waals surface area contributed by atoms with Crippen molar-refractivity contribution in [3.8, 4) is 0 Å². The molecule has 9 heavy (non-hydrogen) atoms. The number of thioether (sulfide) groups is 1. The van der Waals surface area contributed by atoms with Gasteiger partial charge in [-0.05, 0) is 16.6 Å². The predicted molar refractivity (Wildman–Crippen MR) is 40.8 cm³/mol. The average molecular weight is 168 g/mol. The molecule has 0 rings (SSSR count). The zero-order valence-electron chi connectivity index (χ0n) is 5.28. The van der Waals surface area contributed by atoms with Gasteiger partial charge < -0.3 is 0 Å². The molecule has 54 valence electrons. The summed E-state index contributed by atoms with van der Waals surface area (Å²) in [6, 6.07) is 0. The monoisotopic (exact) mass is 168 g/mol. The molecule has 0 spiro atoms. The minimum Gasteiger partial charge on any atom is -0.285 e. The average Bonchev–Trinajstić information content (AvgIpc) is 1.82. The van der Waals surface area contributed by atoms with Gasteiger partial charge >= 0.3 is 8.03 Å². The van der Waals surface area contributed by atoms with E-state index in [0.717, 1.165) is 5.75 Å². The van der Waals surface area contributed by atoms with E-state index in [1.54, 1.807) is 11.8 Å². The van der Waals surface area contributed by atoms with E-state index in [2.05, 4.69) is 0 Å². The molecule has 0 aromatic heterocycles. The maximum atomic E-state index is 10.2. The largest absolute Gasteiger partial charge is 0.524 e. The highest BCUT2D eigenvalue weighted by Gasteiger charge is 2.22. The molecule has 0 heterocycles. The highest BCUT2D eigenvalue weighted by molar-refractivity contribution is 7.98. The smallest absolute Gasteiger partial charge is 0.285 e. The molecule has 0 aromatic rings. The van der Waals surface area contributed by atoms with Crippen molar-refractivity contribution < 1.29 is 9.46 Å². The molecule has 0 saturated heterocycles. The third-order valence-corrected chi connectivity index (χ3v) is 2.37. The van der Waals surface area contributed by atoms with Gasteiger partial charge in [0.2, 0.25) is 5.78 Å². The molecule has 0 aliphatic heterocycles. The molecule has 0 radical (unpaired) electrons. The molecule has 0 aromatic carbocycles. The zero-order valence-corrected chi connectivity index (χ0v) is 6.99. The van der Waals surface area contributed by atoms with Gasteiger partial charge in [0.25, 0.3) is 0 Å². The lowest BCUT2D eigenvalue weighted by atomic mass is 10.5. The van der Waals surface area contributed by atoms with E-state index in [9.17, 15) is 4.57 Å². The Morgan fingerprint density at radius 1 is 1.89 bits per heavy atom. The number of hydrogen-bond acceptors (Lipinski definition) is 3. The Morgan fingerprint density at radius 2 is 2.44 bits per heavy atom. The van der Waals surface area contributed by atoms with Gasteiger partial charge in [0.15, 0.2) is 0 Å². The Bertz CT molecular complexity index is 101. The van der Waals surface area contributed by atoms with E-state index in [1.165, 1.54) is 0 Å². The van der Waals surface area contributed by atoms with Gasteiger partial charge in [-0.15, -0.1) is 0 Å². The Balaban J connectivity index is 3.27. The Morgan fingerprint density at radius 3 is 2.78 bits per heavy atom. The van der Waals surface area contributed by atoms with Crippen molar-refractivity contribution in [3.63, 3.8) is 0 Å². The van der Waals surface area contributed by atoms with Crippen LogP contribution < -0.4 is 5.73 Å². The molecule has 0 aliphatic rings. The van der Waals surface area contributed by atoms with E-state index in [1.807, 2.05) is 6.26 Å². The minimum absolute atomic E-state index is 0.535. The van der Waals surface area contributed by atoms with Crippen molar-refractivity contribution in [2.75, 3.05) is 12.0 Å². The molecular formula is C4H11NO2PS+. The van der Waals surface area contributed by atoms with Crippen molar-refractivity contribution in [2.24, 2.45) is 5.73 Å². The minimum atomic E-state index is -2.16. The number of hydrogen-bond donors (Lipinski definition) is 2. The number of rotatable bonds is 4. The summed E-state index contributed by atoms with van der Waals surface area (Å²) in [4.78, 5) is 8.42. The van der Waals surface area contributed by atoms with Crippen molar-refractivity contribution >= 4 is 19.8 Å². The fourth-order valence-electron chi connectivity index (χ4n) is 0.349. The first-order chi connectivity index (χ1) is 4.18. The molecule has 0 fully saturated rings. The number of nitrogens with two attached hydrogens (primary N) is 1. The van der Waals surface area contributed by atoms with Crippen molar-refractivity contribution in [1.29, 1.82) is 0 Å². The lowest BCUT2D eigenvalue weighted by molar-refractivity contribution is 0.488. The van der Waals surface area contributed by atoms with E-state index in [-0.39, 0.29) is 0 Å². The van der Waals surface area contributed by atoms with Gasteiger partial charge in [-0.25, -0.2) is 0 Å². The second-order valence-corrected chi connectivity index (χ2v) is 3.91. The Hall–Kier alpha value is 0.370. The predicted octanol–water partition coefficient (Wildman–Crippen LogP) is 0.759. The zero-order chi connectivity index (χ0) is 7.28. The van der Waals surface area contributed by atoms with Gasteiger partial charge in [-0.2, -0.15) is 16.7 Å². The molecule has 3 nitrogen and oxygen atoms in total. The molecule has 0 bridgehead atoms. The second-order valence-electron chi connectivity index (χ2n) is 1.65. The van der Waals surface area contributed by atoms with Crippen LogP contribution in [0.4, 0.5) is 0 Å². The van der Waals surface area contributed by atoms with Crippen LogP contribution in [0, 0.1) is 0 Å². The lowest BCUT2D eigenvalue weighted by Crippen LogP contribution is -2.15. The summed E-state index contributed by atoms with van der Waals surface area (Å²) in [7, 11) is -2.16. The molecule has 5 heteroatoms. The normalized spacial score (nSPS) is 15.2. The quantitative estimate of drug-likeness (QED) is 0.608. The molecule has 3 N–H and O–H groups in total. The van der Waals surface area contributed by atoms with Gasteiger partial charge in [0, 0.05) is 6.42 Å². The molecule has 0 amide bonds. The van der Waals surface area contributed by atoms with E-state index in [0.29, 0.717) is 6.42 Å². The van der Waals surface area contributed by atoms with Crippen LogP contribution in [0.5, 0.6) is 0 Å². The molecule has 2 atom stereocenters. The SMILES string of the molecule is CSCCC(N)[P+](=O)O. The lowest BCUT2D eigenvalue weighted by Gasteiger charge is -1.93. The second kappa shape index (κ2) is 5.18. The first-order valence-electron chi connectivity index (χ1n) is 2.58. The van der Waals surface area contributed by atoms with Gasteiger partial charge in [0.1, 0.15) is 0 Å². The maximum Gasteiger partial charge on any atom is 0.524 e. The third kappa shape index (κ3) is 4.85. The van der Waals surface area contributed by atoms with Crippen LogP contribution >= 0.6 is 19.8 Å². The van der Waals surface area contributed by atoms with Crippen molar-refractivity contribution in [2.45, 2.75) is 12.2 Å². The van der Waals surface area contributed by atoms with Crippen LogP contribution in [0.3, 0.4) is 0 Å². The van der Waals surface area contributed by atoms with E-state index < -0.39 is 13.8 Å². The van der Waals surface area contributed by atoms with Crippen LogP contribution in [-0.2, 0) is 4.57 Å². The van der Waals surface area contributed by atoms with Crippen molar-refractivity contribution in [3.05, 3.63) is 0 Å². The summed E-state index contributed by atoms with van der Waals surface area (Å²) in [6.07, 6.45) is 2.56. The van der Waals surface area contributed by atoms with Crippen LogP contribution in [0.2, 0.25) is 0 Å².